The minimum Gasteiger partial charge on any atom is -0.396 e. The topological polar surface area (TPSA) is 50.1 Å². The summed E-state index contributed by atoms with van der Waals surface area (Å²) in [6, 6.07) is 13.2. The number of halogens is 2. The van der Waals surface area contributed by atoms with E-state index in [-0.39, 0.29) is 6.61 Å². The van der Waals surface area contributed by atoms with Gasteiger partial charge in [-0.25, -0.2) is 4.98 Å². The molecule has 22 heavy (non-hydrogen) atoms. The molecular weight excluding hydrogens is 321 g/mol. The smallest absolute Gasteiger partial charge is 0.208 e. The number of nitrogens with zero attached hydrogens (tertiary/aromatic N) is 2. The zero-order valence-electron chi connectivity index (χ0n) is 11.8. The molecular formula is C16H15Cl2N3O. The normalized spacial score (nSPS) is 11.0. The van der Waals surface area contributed by atoms with Crippen LogP contribution < -0.4 is 5.32 Å². The summed E-state index contributed by atoms with van der Waals surface area (Å²) in [6.07, 6.45) is 0.644. The number of aliphatic hydroxyl groups is 1. The van der Waals surface area contributed by atoms with Crippen LogP contribution in [0.3, 0.4) is 0 Å². The Bertz CT molecular complexity index is 781. The van der Waals surface area contributed by atoms with Crippen LogP contribution in [0.1, 0.15) is 6.42 Å². The van der Waals surface area contributed by atoms with E-state index in [0.717, 1.165) is 11.0 Å². The minimum atomic E-state index is 0.124. The van der Waals surface area contributed by atoms with Gasteiger partial charge >= 0.3 is 0 Å². The molecule has 3 aromatic rings. The molecule has 0 bridgehead atoms. The van der Waals surface area contributed by atoms with Crippen molar-refractivity contribution in [1.29, 1.82) is 0 Å². The van der Waals surface area contributed by atoms with Gasteiger partial charge in [0.05, 0.1) is 26.8 Å². The number of hydrogen-bond acceptors (Lipinski definition) is 3. The molecule has 0 spiro atoms. The van der Waals surface area contributed by atoms with Crippen molar-refractivity contribution in [3.05, 3.63) is 52.5 Å². The molecule has 0 fully saturated rings. The van der Waals surface area contributed by atoms with Crippen LogP contribution in [0.15, 0.2) is 42.5 Å². The number of nitrogens with one attached hydrogen (secondary N) is 1. The number of imidazole rings is 1. The quantitative estimate of drug-likeness (QED) is 0.723. The third kappa shape index (κ3) is 2.90. The van der Waals surface area contributed by atoms with E-state index in [1.54, 1.807) is 18.2 Å². The van der Waals surface area contributed by atoms with Gasteiger partial charge in [0, 0.05) is 13.2 Å². The average molecular weight is 336 g/mol. The predicted molar refractivity (Wildman–Crippen MR) is 91.2 cm³/mol. The fourth-order valence-corrected chi connectivity index (χ4v) is 2.85. The molecule has 3 rings (SSSR count). The van der Waals surface area contributed by atoms with E-state index in [2.05, 4.69) is 10.3 Å². The lowest BCUT2D eigenvalue weighted by Crippen LogP contribution is -2.06. The number of fused-ring (bicyclic) bond motifs is 1. The summed E-state index contributed by atoms with van der Waals surface area (Å²) in [7, 11) is 0. The largest absolute Gasteiger partial charge is 0.396 e. The van der Waals surface area contributed by atoms with Gasteiger partial charge in [-0.05, 0) is 30.7 Å². The average Bonchev–Trinajstić information content (AvgIpc) is 2.86. The molecule has 0 aliphatic rings. The lowest BCUT2D eigenvalue weighted by atomic mass is 10.3. The van der Waals surface area contributed by atoms with Crippen molar-refractivity contribution in [1.82, 2.24) is 9.55 Å². The minimum absolute atomic E-state index is 0.124. The number of para-hydroxylation sites is 3. The molecule has 1 aromatic heterocycles. The van der Waals surface area contributed by atoms with Crippen molar-refractivity contribution in [3.63, 3.8) is 0 Å². The summed E-state index contributed by atoms with van der Waals surface area (Å²) in [5.74, 6) is 0.657. The second kappa shape index (κ2) is 6.57. The summed E-state index contributed by atoms with van der Waals surface area (Å²) >= 11 is 12.4. The first kappa shape index (κ1) is 15.2. The zero-order valence-corrected chi connectivity index (χ0v) is 13.3. The maximum atomic E-state index is 9.11. The summed E-state index contributed by atoms with van der Waals surface area (Å²) < 4.78 is 2.02. The molecule has 2 aromatic carbocycles. The SMILES string of the molecule is OCCCn1c(Nc2c(Cl)cccc2Cl)nc2ccccc21. The lowest BCUT2D eigenvalue weighted by Gasteiger charge is -2.12. The van der Waals surface area contributed by atoms with E-state index in [0.29, 0.717) is 34.6 Å². The number of rotatable bonds is 5. The molecule has 0 atom stereocenters. The number of hydrogen-bond donors (Lipinski definition) is 2. The molecule has 0 amide bonds. The highest BCUT2D eigenvalue weighted by Crippen LogP contribution is 2.33. The van der Waals surface area contributed by atoms with Crippen LogP contribution in [0.4, 0.5) is 11.6 Å². The first-order valence-electron chi connectivity index (χ1n) is 6.98. The Morgan fingerprint density at radius 2 is 1.77 bits per heavy atom. The molecule has 0 radical (unpaired) electrons. The molecule has 2 N–H and O–H groups in total. The molecule has 114 valence electrons. The molecule has 0 aliphatic carbocycles. The molecule has 4 nitrogen and oxygen atoms in total. The Morgan fingerprint density at radius 1 is 1.05 bits per heavy atom. The Morgan fingerprint density at radius 3 is 2.50 bits per heavy atom. The van der Waals surface area contributed by atoms with Gasteiger partial charge in [0.25, 0.3) is 0 Å². The Kier molecular flexibility index (Phi) is 4.52. The Labute approximate surface area is 138 Å². The number of anilines is 2. The molecule has 0 aliphatic heterocycles. The zero-order chi connectivity index (χ0) is 15.5. The van der Waals surface area contributed by atoms with Crippen LogP contribution in [0.2, 0.25) is 10.0 Å². The molecule has 1 heterocycles. The van der Waals surface area contributed by atoms with E-state index in [1.165, 1.54) is 0 Å². The first-order chi connectivity index (χ1) is 10.7. The van der Waals surface area contributed by atoms with Crippen LogP contribution in [0.25, 0.3) is 11.0 Å². The van der Waals surface area contributed by atoms with Crippen LogP contribution in [0.5, 0.6) is 0 Å². The fourth-order valence-electron chi connectivity index (χ4n) is 2.36. The van der Waals surface area contributed by atoms with Crippen LogP contribution in [-0.4, -0.2) is 21.3 Å². The van der Waals surface area contributed by atoms with Crippen LogP contribution in [-0.2, 0) is 6.54 Å². The second-order valence-corrected chi connectivity index (χ2v) is 5.69. The maximum Gasteiger partial charge on any atom is 0.208 e. The van der Waals surface area contributed by atoms with Crippen LogP contribution >= 0.6 is 23.2 Å². The maximum absolute atomic E-state index is 9.11. The second-order valence-electron chi connectivity index (χ2n) is 4.87. The highest BCUT2D eigenvalue weighted by molar-refractivity contribution is 6.39. The molecule has 6 heteroatoms. The van der Waals surface area contributed by atoms with Gasteiger partial charge in [-0.2, -0.15) is 0 Å². The third-order valence-electron chi connectivity index (χ3n) is 3.39. The van der Waals surface area contributed by atoms with Crippen molar-refractivity contribution < 1.29 is 5.11 Å². The highest BCUT2D eigenvalue weighted by Gasteiger charge is 2.13. The molecule has 0 saturated carbocycles. The molecule has 0 unspecified atom stereocenters. The van der Waals surface area contributed by atoms with Gasteiger partial charge in [-0.1, -0.05) is 41.4 Å². The summed E-state index contributed by atoms with van der Waals surface area (Å²) in [6.45, 7) is 0.778. The number of benzene rings is 2. The lowest BCUT2D eigenvalue weighted by molar-refractivity contribution is 0.281. The Hall–Kier alpha value is -1.75. The standard InChI is InChI=1S/C16H15Cl2N3O/c17-11-5-3-6-12(18)15(11)20-16-19-13-7-1-2-8-14(13)21(16)9-4-10-22/h1-3,5-8,22H,4,9-10H2,(H,19,20). The van der Waals surface area contributed by atoms with Crippen molar-refractivity contribution in [2.45, 2.75) is 13.0 Å². The van der Waals surface area contributed by atoms with Crippen molar-refractivity contribution in [2.75, 3.05) is 11.9 Å². The molecule has 0 saturated heterocycles. The summed E-state index contributed by atoms with van der Waals surface area (Å²) in [5, 5.41) is 13.4. The highest BCUT2D eigenvalue weighted by atomic mass is 35.5. The third-order valence-corrected chi connectivity index (χ3v) is 4.02. The van der Waals surface area contributed by atoms with Crippen molar-refractivity contribution in [3.8, 4) is 0 Å². The Balaban J connectivity index is 2.06. The summed E-state index contributed by atoms with van der Waals surface area (Å²) in [4.78, 5) is 4.60. The van der Waals surface area contributed by atoms with Gasteiger partial charge in [0.2, 0.25) is 5.95 Å². The van der Waals surface area contributed by atoms with Gasteiger partial charge in [-0.3, -0.25) is 0 Å². The summed E-state index contributed by atoms with van der Waals surface area (Å²) in [5.41, 5.74) is 2.51. The monoisotopic (exact) mass is 335 g/mol. The van der Waals surface area contributed by atoms with Crippen LogP contribution in [0, 0.1) is 0 Å². The van der Waals surface area contributed by atoms with Gasteiger partial charge in [-0.15, -0.1) is 0 Å². The van der Waals surface area contributed by atoms with Gasteiger partial charge in [0.15, 0.2) is 0 Å². The first-order valence-corrected chi connectivity index (χ1v) is 7.73. The van der Waals surface area contributed by atoms with E-state index >= 15 is 0 Å². The van der Waals surface area contributed by atoms with Crippen molar-refractivity contribution >= 4 is 45.9 Å². The van der Waals surface area contributed by atoms with E-state index in [1.807, 2.05) is 28.8 Å². The van der Waals surface area contributed by atoms with Crippen molar-refractivity contribution in [2.24, 2.45) is 0 Å². The van der Waals surface area contributed by atoms with E-state index in [9.17, 15) is 0 Å². The van der Waals surface area contributed by atoms with E-state index in [4.69, 9.17) is 28.3 Å². The number of aromatic nitrogens is 2. The fraction of sp³-hybridized carbons (Fsp3) is 0.188. The van der Waals surface area contributed by atoms with E-state index < -0.39 is 0 Å². The number of aryl methyl sites for hydroxylation is 1. The van der Waals surface area contributed by atoms with Gasteiger partial charge < -0.3 is 15.0 Å². The van der Waals surface area contributed by atoms with Gasteiger partial charge in [0.1, 0.15) is 0 Å². The number of aliphatic hydroxyl groups excluding tert-OH is 1. The predicted octanol–water partition coefficient (Wildman–Crippen LogP) is 4.47.